The van der Waals surface area contributed by atoms with Crippen LogP contribution in [0, 0.1) is 20.8 Å². The summed E-state index contributed by atoms with van der Waals surface area (Å²) in [5.74, 6) is 1.41. The van der Waals surface area contributed by atoms with E-state index < -0.39 is 0 Å². The van der Waals surface area contributed by atoms with Crippen LogP contribution in [0.4, 0.5) is 0 Å². The van der Waals surface area contributed by atoms with Crippen LogP contribution < -0.4 is 4.74 Å². The van der Waals surface area contributed by atoms with Gasteiger partial charge in [-0.15, -0.1) is 0 Å². The van der Waals surface area contributed by atoms with Crippen LogP contribution in [-0.2, 0) is 0 Å². The molecule has 0 aliphatic rings. The van der Waals surface area contributed by atoms with Crippen molar-refractivity contribution < 1.29 is 20.1 Å². The van der Waals surface area contributed by atoms with Gasteiger partial charge in [0.15, 0.2) is 0 Å². The first kappa shape index (κ1) is 24.0. The molecule has 0 bridgehead atoms. The van der Waals surface area contributed by atoms with E-state index in [-0.39, 0.29) is 18.5 Å². The largest absolute Gasteiger partial charge is 0.508 e. The number of aryl methyl sites for hydroxylation is 3. The third-order valence-corrected chi connectivity index (χ3v) is 3.96. The van der Waals surface area contributed by atoms with E-state index in [1.54, 1.807) is 30.5 Å². The molecule has 5 heteroatoms. The number of pyridine rings is 1. The summed E-state index contributed by atoms with van der Waals surface area (Å²) in [6.45, 7) is 8.14. The predicted octanol–water partition coefficient (Wildman–Crippen LogP) is 4.94. The van der Waals surface area contributed by atoms with Gasteiger partial charge in [0.25, 0.3) is 0 Å². The molecule has 0 spiro atoms. The van der Waals surface area contributed by atoms with Crippen molar-refractivity contribution in [3.63, 3.8) is 0 Å². The lowest BCUT2D eigenvalue weighted by Crippen LogP contribution is -2.20. The van der Waals surface area contributed by atoms with Crippen LogP contribution in [0.15, 0.2) is 67.0 Å². The number of phenolic OH excluding ortho intramolecular Hbond substituents is 1. The van der Waals surface area contributed by atoms with E-state index in [0.717, 1.165) is 17.7 Å². The Labute approximate surface area is 173 Å². The Kier molecular flexibility index (Phi) is 10.9. The van der Waals surface area contributed by atoms with Gasteiger partial charge in [-0.05, 0) is 63.1 Å². The van der Waals surface area contributed by atoms with Crippen molar-refractivity contribution in [1.82, 2.24) is 4.98 Å². The lowest BCUT2D eigenvalue weighted by atomic mass is 10.1. The minimum absolute atomic E-state index is 0.0732. The normalized spacial score (nSPS) is 10.7. The summed E-state index contributed by atoms with van der Waals surface area (Å²) in [6, 6.07) is 16.4. The Balaban J connectivity index is 0.000000237. The minimum atomic E-state index is -0.0867. The SMILES string of the molecule is CCC(CO)Oc1ccc(C)cc1C.Cc1ccc(O)cc1.Oc1cccnc1. The van der Waals surface area contributed by atoms with E-state index in [1.807, 2.05) is 45.0 Å². The molecule has 5 nitrogen and oxygen atoms in total. The molecule has 0 saturated carbocycles. The zero-order valence-corrected chi connectivity index (χ0v) is 17.5. The van der Waals surface area contributed by atoms with Crippen LogP contribution in [0.3, 0.4) is 0 Å². The van der Waals surface area contributed by atoms with Gasteiger partial charge in [0, 0.05) is 6.20 Å². The van der Waals surface area contributed by atoms with Crippen LogP contribution in [0.5, 0.6) is 17.2 Å². The summed E-state index contributed by atoms with van der Waals surface area (Å²) >= 11 is 0. The number of aromatic nitrogens is 1. The number of nitrogens with zero attached hydrogens (tertiary/aromatic N) is 1. The van der Waals surface area contributed by atoms with Gasteiger partial charge < -0.3 is 20.1 Å². The Morgan fingerprint density at radius 2 is 1.55 bits per heavy atom. The molecule has 3 aromatic rings. The quantitative estimate of drug-likeness (QED) is 0.581. The highest BCUT2D eigenvalue weighted by molar-refractivity contribution is 5.35. The molecular formula is C24H31NO4. The van der Waals surface area contributed by atoms with E-state index in [1.165, 1.54) is 17.3 Å². The van der Waals surface area contributed by atoms with Crippen LogP contribution in [0.25, 0.3) is 0 Å². The summed E-state index contributed by atoms with van der Waals surface area (Å²) in [6.07, 6.45) is 3.74. The number of aliphatic hydroxyl groups excluding tert-OH is 1. The molecule has 0 amide bonds. The fourth-order valence-electron chi connectivity index (χ4n) is 2.26. The third kappa shape index (κ3) is 10.2. The number of rotatable bonds is 4. The second kappa shape index (κ2) is 13.2. The van der Waals surface area contributed by atoms with Crippen LogP contribution >= 0.6 is 0 Å². The van der Waals surface area contributed by atoms with Crippen LogP contribution in [0.1, 0.15) is 30.0 Å². The molecule has 1 unspecified atom stereocenters. The number of hydrogen-bond donors (Lipinski definition) is 3. The van der Waals surface area contributed by atoms with Crippen molar-refractivity contribution in [2.45, 2.75) is 40.2 Å². The lowest BCUT2D eigenvalue weighted by molar-refractivity contribution is 0.112. The molecule has 0 aliphatic heterocycles. The van der Waals surface area contributed by atoms with E-state index in [2.05, 4.69) is 18.0 Å². The first-order chi connectivity index (χ1) is 13.8. The van der Waals surface area contributed by atoms with Gasteiger partial charge in [-0.3, -0.25) is 4.98 Å². The summed E-state index contributed by atoms with van der Waals surface area (Å²) < 4.78 is 5.65. The number of hydrogen-bond acceptors (Lipinski definition) is 5. The molecule has 0 aliphatic carbocycles. The molecule has 1 atom stereocenters. The van der Waals surface area contributed by atoms with Crippen LogP contribution in [0.2, 0.25) is 0 Å². The van der Waals surface area contributed by atoms with Crippen molar-refractivity contribution in [2.24, 2.45) is 0 Å². The van der Waals surface area contributed by atoms with Crippen molar-refractivity contribution in [3.8, 4) is 17.2 Å². The number of benzene rings is 2. The average Bonchev–Trinajstić information content (AvgIpc) is 2.71. The highest BCUT2D eigenvalue weighted by Gasteiger charge is 2.07. The van der Waals surface area contributed by atoms with Crippen molar-refractivity contribution >= 4 is 0 Å². The number of aromatic hydroxyl groups is 2. The van der Waals surface area contributed by atoms with E-state index >= 15 is 0 Å². The topological polar surface area (TPSA) is 82.8 Å². The zero-order chi connectivity index (χ0) is 21.6. The molecule has 156 valence electrons. The van der Waals surface area contributed by atoms with E-state index in [9.17, 15) is 0 Å². The molecule has 1 aromatic heterocycles. The molecule has 0 fully saturated rings. The minimum Gasteiger partial charge on any atom is -0.508 e. The van der Waals surface area contributed by atoms with Gasteiger partial charge in [-0.1, -0.05) is 42.3 Å². The van der Waals surface area contributed by atoms with Crippen molar-refractivity contribution in [3.05, 3.63) is 83.7 Å². The molecule has 29 heavy (non-hydrogen) atoms. The van der Waals surface area contributed by atoms with E-state index in [0.29, 0.717) is 5.75 Å². The summed E-state index contributed by atoms with van der Waals surface area (Å²) in [5.41, 5.74) is 3.52. The zero-order valence-electron chi connectivity index (χ0n) is 17.5. The molecule has 0 radical (unpaired) electrons. The predicted molar refractivity (Wildman–Crippen MR) is 116 cm³/mol. The maximum Gasteiger partial charge on any atom is 0.133 e. The molecule has 3 N–H and O–H groups in total. The summed E-state index contributed by atoms with van der Waals surface area (Å²) in [5, 5.41) is 26.3. The summed E-state index contributed by atoms with van der Waals surface area (Å²) in [4.78, 5) is 3.63. The average molecular weight is 398 g/mol. The maximum atomic E-state index is 9.01. The van der Waals surface area contributed by atoms with Gasteiger partial charge in [-0.2, -0.15) is 0 Å². The molecule has 3 rings (SSSR count). The molecule has 2 aromatic carbocycles. The fraction of sp³-hybridized carbons (Fsp3) is 0.292. The standard InChI is InChI=1S/C12H18O2.C7H8O.C5H5NO/c1-4-11(8-13)14-12-6-5-9(2)7-10(12)3;1-6-2-4-7(8)5-3-6;7-5-2-1-3-6-4-5/h5-7,11,13H,4,8H2,1-3H3;2-5,8H,1H3;1-4,7H. The highest BCUT2D eigenvalue weighted by atomic mass is 16.5. The Morgan fingerprint density at radius 1 is 0.897 bits per heavy atom. The monoisotopic (exact) mass is 397 g/mol. The highest BCUT2D eigenvalue weighted by Crippen LogP contribution is 2.20. The second-order valence-electron chi connectivity index (χ2n) is 6.65. The number of aliphatic hydroxyl groups is 1. The third-order valence-electron chi connectivity index (χ3n) is 3.96. The number of ether oxygens (including phenoxy) is 1. The van der Waals surface area contributed by atoms with Crippen molar-refractivity contribution in [1.29, 1.82) is 0 Å². The van der Waals surface area contributed by atoms with Gasteiger partial charge in [0.2, 0.25) is 0 Å². The number of phenols is 1. The van der Waals surface area contributed by atoms with Crippen LogP contribution in [-0.4, -0.2) is 33.0 Å². The molecule has 0 saturated heterocycles. The molecule has 1 heterocycles. The van der Waals surface area contributed by atoms with E-state index in [4.69, 9.17) is 20.1 Å². The molecular weight excluding hydrogens is 366 g/mol. The maximum absolute atomic E-state index is 9.01. The summed E-state index contributed by atoms with van der Waals surface area (Å²) in [7, 11) is 0. The van der Waals surface area contributed by atoms with Gasteiger partial charge in [0.1, 0.15) is 23.4 Å². The second-order valence-corrected chi connectivity index (χ2v) is 6.65. The first-order valence-electron chi connectivity index (χ1n) is 9.55. The van der Waals surface area contributed by atoms with Crippen molar-refractivity contribution in [2.75, 3.05) is 6.61 Å². The fourth-order valence-corrected chi connectivity index (χ4v) is 2.26. The Morgan fingerprint density at radius 3 is 1.97 bits per heavy atom. The first-order valence-corrected chi connectivity index (χ1v) is 9.55. The smallest absolute Gasteiger partial charge is 0.133 e. The van der Waals surface area contributed by atoms with Gasteiger partial charge >= 0.3 is 0 Å². The Bertz CT molecular complexity index is 795. The lowest BCUT2D eigenvalue weighted by Gasteiger charge is -2.16. The van der Waals surface area contributed by atoms with Gasteiger partial charge in [0.05, 0.1) is 12.8 Å². The Hall–Kier alpha value is -3.05. The van der Waals surface area contributed by atoms with Gasteiger partial charge in [-0.25, -0.2) is 0 Å².